The van der Waals surface area contributed by atoms with Gasteiger partial charge in [0.1, 0.15) is 6.04 Å². The number of carboxylic acid groups (broad SMARTS) is 1. The maximum atomic E-state index is 11.4. The van der Waals surface area contributed by atoms with Crippen LogP contribution in [0, 0.1) is 0 Å². The fourth-order valence-electron chi connectivity index (χ4n) is 1.85. The van der Waals surface area contributed by atoms with E-state index >= 15 is 0 Å². The zero-order chi connectivity index (χ0) is 13.1. The van der Waals surface area contributed by atoms with Crippen LogP contribution in [0.2, 0.25) is 0 Å². The highest BCUT2D eigenvalue weighted by atomic mass is 16.4. The van der Waals surface area contributed by atoms with Crippen LogP contribution in [0.4, 0.5) is 0 Å². The molecule has 1 aliphatic rings. The molecular formula is C12H12N2O4. The minimum absolute atomic E-state index is 0.0323. The molecule has 6 nitrogen and oxygen atoms in total. The zero-order valence-electron chi connectivity index (χ0n) is 9.42. The highest BCUT2D eigenvalue weighted by molar-refractivity contribution is 6.05. The standard InChI is InChI=1S/C12H12N2O4/c15-9-6-8(11(16)14-9)13-10(12(17)18)7-4-2-1-3-5-7/h1-5,8,10,13H,6H2,(H,17,18)(H,14,15,16). The molecular weight excluding hydrogens is 236 g/mol. The van der Waals surface area contributed by atoms with Gasteiger partial charge in [0.15, 0.2) is 0 Å². The Balaban J connectivity index is 2.15. The number of carbonyl (C=O) groups excluding carboxylic acids is 2. The number of imide groups is 1. The third-order valence-electron chi connectivity index (χ3n) is 2.72. The molecule has 2 atom stereocenters. The Bertz CT molecular complexity index is 486. The first kappa shape index (κ1) is 12.3. The quantitative estimate of drug-likeness (QED) is 0.642. The van der Waals surface area contributed by atoms with Gasteiger partial charge < -0.3 is 5.11 Å². The third kappa shape index (κ3) is 2.54. The Labute approximate surface area is 103 Å². The number of amides is 2. The SMILES string of the molecule is O=C1CC(NC(C(=O)O)c2ccccc2)C(=O)N1. The molecule has 1 aromatic carbocycles. The van der Waals surface area contributed by atoms with Crippen molar-refractivity contribution in [2.24, 2.45) is 0 Å². The summed E-state index contributed by atoms with van der Waals surface area (Å²) in [6.45, 7) is 0. The molecule has 3 N–H and O–H groups in total. The molecule has 6 heteroatoms. The summed E-state index contributed by atoms with van der Waals surface area (Å²) in [4.78, 5) is 33.6. The van der Waals surface area contributed by atoms with Crippen LogP contribution >= 0.6 is 0 Å². The maximum absolute atomic E-state index is 11.4. The van der Waals surface area contributed by atoms with Crippen molar-refractivity contribution in [1.82, 2.24) is 10.6 Å². The normalized spacial score (nSPS) is 20.6. The van der Waals surface area contributed by atoms with Crippen LogP contribution in [-0.2, 0) is 14.4 Å². The van der Waals surface area contributed by atoms with E-state index in [1.54, 1.807) is 30.3 Å². The predicted octanol–water partition coefficient (Wildman–Crippen LogP) is -0.183. The van der Waals surface area contributed by atoms with Crippen molar-refractivity contribution in [1.29, 1.82) is 0 Å². The second-order valence-corrected chi connectivity index (χ2v) is 4.02. The zero-order valence-corrected chi connectivity index (χ0v) is 9.42. The molecule has 2 amide bonds. The first-order valence-corrected chi connectivity index (χ1v) is 5.45. The van der Waals surface area contributed by atoms with E-state index in [0.29, 0.717) is 5.56 Å². The second-order valence-electron chi connectivity index (χ2n) is 4.02. The number of carboxylic acids is 1. The molecule has 1 aliphatic heterocycles. The lowest BCUT2D eigenvalue weighted by molar-refractivity contribution is -0.140. The van der Waals surface area contributed by atoms with E-state index in [0.717, 1.165) is 0 Å². The van der Waals surface area contributed by atoms with Crippen molar-refractivity contribution >= 4 is 17.8 Å². The molecule has 2 unspecified atom stereocenters. The van der Waals surface area contributed by atoms with Crippen molar-refractivity contribution < 1.29 is 19.5 Å². The highest BCUT2D eigenvalue weighted by Gasteiger charge is 2.34. The Morgan fingerprint density at radius 3 is 2.50 bits per heavy atom. The number of rotatable bonds is 4. The summed E-state index contributed by atoms with van der Waals surface area (Å²) in [6, 6.07) is 6.71. The van der Waals surface area contributed by atoms with Crippen LogP contribution in [0.15, 0.2) is 30.3 Å². The van der Waals surface area contributed by atoms with E-state index in [-0.39, 0.29) is 6.42 Å². The summed E-state index contributed by atoms with van der Waals surface area (Å²) < 4.78 is 0. The average Bonchev–Trinajstić information content (AvgIpc) is 2.65. The molecule has 1 fully saturated rings. The van der Waals surface area contributed by atoms with Gasteiger partial charge in [-0.05, 0) is 5.56 Å². The first-order valence-electron chi connectivity index (χ1n) is 5.45. The Morgan fingerprint density at radius 1 is 1.33 bits per heavy atom. The predicted molar refractivity (Wildman–Crippen MR) is 61.5 cm³/mol. The van der Waals surface area contributed by atoms with Gasteiger partial charge in [-0.25, -0.2) is 0 Å². The summed E-state index contributed by atoms with van der Waals surface area (Å²) in [5.41, 5.74) is 0.539. The third-order valence-corrected chi connectivity index (χ3v) is 2.72. The van der Waals surface area contributed by atoms with Gasteiger partial charge in [0.2, 0.25) is 11.8 Å². The second kappa shape index (κ2) is 4.97. The van der Waals surface area contributed by atoms with Crippen molar-refractivity contribution in [2.45, 2.75) is 18.5 Å². The van der Waals surface area contributed by atoms with Crippen LogP contribution in [0.3, 0.4) is 0 Å². The monoisotopic (exact) mass is 248 g/mol. The Morgan fingerprint density at radius 2 is 2.00 bits per heavy atom. The van der Waals surface area contributed by atoms with E-state index in [4.69, 9.17) is 5.11 Å². The minimum Gasteiger partial charge on any atom is -0.480 e. The van der Waals surface area contributed by atoms with Gasteiger partial charge in [-0.3, -0.25) is 25.0 Å². The molecule has 18 heavy (non-hydrogen) atoms. The summed E-state index contributed by atoms with van der Waals surface area (Å²) >= 11 is 0. The number of hydrogen-bond acceptors (Lipinski definition) is 4. The van der Waals surface area contributed by atoms with Crippen LogP contribution in [0.1, 0.15) is 18.0 Å². The largest absolute Gasteiger partial charge is 0.480 e. The number of benzene rings is 1. The van der Waals surface area contributed by atoms with Gasteiger partial charge in [-0.1, -0.05) is 30.3 Å². The van der Waals surface area contributed by atoms with Crippen molar-refractivity contribution in [3.63, 3.8) is 0 Å². The average molecular weight is 248 g/mol. The van der Waals surface area contributed by atoms with E-state index in [1.807, 2.05) is 0 Å². The van der Waals surface area contributed by atoms with Crippen molar-refractivity contribution in [3.8, 4) is 0 Å². The highest BCUT2D eigenvalue weighted by Crippen LogP contribution is 2.15. The van der Waals surface area contributed by atoms with E-state index in [2.05, 4.69) is 10.6 Å². The molecule has 0 aromatic heterocycles. The number of nitrogens with one attached hydrogen (secondary N) is 2. The molecule has 1 saturated heterocycles. The molecule has 1 heterocycles. The smallest absolute Gasteiger partial charge is 0.325 e. The van der Waals surface area contributed by atoms with E-state index in [1.165, 1.54) is 0 Å². The lowest BCUT2D eigenvalue weighted by Gasteiger charge is -2.17. The van der Waals surface area contributed by atoms with Gasteiger partial charge in [-0.15, -0.1) is 0 Å². The van der Waals surface area contributed by atoms with Crippen LogP contribution in [0.25, 0.3) is 0 Å². The number of hydrogen-bond donors (Lipinski definition) is 3. The van der Waals surface area contributed by atoms with Crippen LogP contribution in [-0.4, -0.2) is 28.9 Å². The van der Waals surface area contributed by atoms with Gasteiger partial charge in [-0.2, -0.15) is 0 Å². The van der Waals surface area contributed by atoms with Gasteiger partial charge in [0.05, 0.1) is 12.5 Å². The minimum atomic E-state index is -1.09. The Hall–Kier alpha value is -2.21. The topological polar surface area (TPSA) is 95.5 Å². The summed E-state index contributed by atoms with van der Waals surface area (Å²) in [5, 5.41) is 14.0. The lowest BCUT2D eigenvalue weighted by Crippen LogP contribution is -2.41. The van der Waals surface area contributed by atoms with E-state index < -0.39 is 29.9 Å². The fourth-order valence-corrected chi connectivity index (χ4v) is 1.85. The van der Waals surface area contributed by atoms with Crippen molar-refractivity contribution in [3.05, 3.63) is 35.9 Å². The van der Waals surface area contributed by atoms with E-state index in [9.17, 15) is 14.4 Å². The summed E-state index contributed by atoms with van der Waals surface area (Å²) in [7, 11) is 0. The summed E-state index contributed by atoms with van der Waals surface area (Å²) in [5.74, 6) is -1.97. The molecule has 94 valence electrons. The van der Waals surface area contributed by atoms with Gasteiger partial charge in [0.25, 0.3) is 0 Å². The molecule has 0 spiro atoms. The molecule has 0 radical (unpaired) electrons. The number of aliphatic carboxylic acids is 1. The lowest BCUT2D eigenvalue weighted by atomic mass is 10.1. The van der Waals surface area contributed by atoms with Crippen LogP contribution in [0.5, 0.6) is 0 Å². The molecule has 2 rings (SSSR count). The molecule has 0 saturated carbocycles. The summed E-state index contributed by atoms with van der Waals surface area (Å²) in [6.07, 6.45) is -0.0323. The van der Waals surface area contributed by atoms with Crippen molar-refractivity contribution in [2.75, 3.05) is 0 Å². The first-order chi connectivity index (χ1) is 8.58. The van der Waals surface area contributed by atoms with Crippen LogP contribution < -0.4 is 10.6 Å². The van der Waals surface area contributed by atoms with Gasteiger partial charge in [0, 0.05) is 0 Å². The number of carbonyl (C=O) groups is 3. The molecule has 1 aromatic rings. The van der Waals surface area contributed by atoms with Gasteiger partial charge >= 0.3 is 5.97 Å². The molecule has 0 aliphatic carbocycles. The Kier molecular flexibility index (Phi) is 3.38. The fraction of sp³-hybridized carbons (Fsp3) is 0.250. The molecule has 0 bridgehead atoms. The maximum Gasteiger partial charge on any atom is 0.325 e.